The molecule has 3 nitrogen and oxygen atoms in total. The fraction of sp³-hybridized carbons (Fsp3) is 0.150. The van der Waals surface area contributed by atoms with Gasteiger partial charge in [-0.2, -0.15) is 0 Å². The highest BCUT2D eigenvalue weighted by Gasteiger charge is 2.30. The second kappa shape index (κ2) is 6.33. The number of hydrogen-bond acceptors (Lipinski definition) is 3. The standard InChI is InChI=1S/C20H16FNO2S/c1-24-13-8-6-12(7-9-13)15-10-18(23)22-19-16(11-25-20(15)19)14-4-2-3-5-17(14)21/h2-9,11,15H,10H2,1H3,(H,22,23). The highest BCUT2D eigenvalue weighted by Crippen LogP contribution is 2.47. The van der Waals surface area contributed by atoms with Crippen LogP contribution in [0.5, 0.6) is 5.75 Å². The molecule has 126 valence electrons. The predicted octanol–water partition coefficient (Wildman–Crippen LogP) is 5.04. The van der Waals surface area contributed by atoms with Gasteiger partial charge in [0.25, 0.3) is 0 Å². The topological polar surface area (TPSA) is 38.3 Å². The van der Waals surface area contributed by atoms with Gasteiger partial charge in [0.05, 0.1) is 12.8 Å². The Labute approximate surface area is 149 Å². The maximum absolute atomic E-state index is 14.2. The second-order valence-corrected chi connectivity index (χ2v) is 6.86. The van der Waals surface area contributed by atoms with E-state index in [0.717, 1.165) is 27.4 Å². The maximum Gasteiger partial charge on any atom is 0.225 e. The minimum absolute atomic E-state index is 0.0276. The molecule has 0 bridgehead atoms. The van der Waals surface area contributed by atoms with Crippen LogP contribution in [0.25, 0.3) is 11.1 Å². The number of methoxy groups -OCH3 is 1. The van der Waals surface area contributed by atoms with Gasteiger partial charge < -0.3 is 10.1 Å². The van der Waals surface area contributed by atoms with Crippen molar-refractivity contribution >= 4 is 22.9 Å². The average Bonchev–Trinajstić information content (AvgIpc) is 3.05. The SMILES string of the molecule is COc1ccc(C2CC(=O)Nc3c(-c4ccccc4F)csc32)cc1. The fourth-order valence-electron chi connectivity index (χ4n) is 3.21. The first-order valence-electron chi connectivity index (χ1n) is 7.97. The van der Waals surface area contributed by atoms with E-state index in [1.807, 2.05) is 29.6 Å². The zero-order chi connectivity index (χ0) is 17.4. The number of carbonyl (C=O) groups excluding carboxylic acids is 1. The number of carbonyl (C=O) groups is 1. The molecule has 2 aromatic carbocycles. The minimum atomic E-state index is -0.288. The first-order valence-corrected chi connectivity index (χ1v) is 8.85. The van der Waals surface area contributed by atoms with E-state index in [1.54, 1.807) is 36.6 Å². The largest absolute Gasteiger partial charge is 0.497 e. The van der Waals surface area contributed by atoms with Crippen LogP contribution >= 0.6 is 11.3 Å². The summed E-state index contributed by atoms with van der Waals surface area (Å²) in [6.07, 6.45) is 0.385. The minimum Gasteiger partial charge on any atom is -0.497 e. The number of ether oxygens (including phenoxy) is 1. The average molecular weight is 353 g/mol. The van der Waals surface area contributed by atoms with Crippen molar-refractivity contribution in [3.8, 4) is 16.9 Å². The number of thiophene rings is 1. The number of hydrogen-bond donors (Lipinski definition) is 1. The molecule has 4 rings (SSSR count). The summed E-state index contributed by atoms with van der Waals surface area (Å²) in [6.45, 7) is 0. The van der Waals surface area contributed by atoms with Gasteiger partial charge in [-0.15, -0.1) is 11.3 Å². The number of nitrogens with one attached hydrogen (secondary N) is 1. The lowest BCUT2D eigenvalue weighted by atomic mass is 9.89. The van der Waals surface area contributed by atoms with Gasteiger partial charge in [0.15, 0.2) is 0 Å². The van der Waals surface area contributed by atoms with E-state index in [-0.39, 0.29) is 17.6 Å². The van der Waals surface area contributed by atoms with Crippen molar-refractivity contribution in [3.63, 3.8) is 0 Å². The molecule has 1 atom stereocenters. The molecule has 0 fully saturated rings. The van der Waals surface area contributed by atoms with Crippen molar-refractivity contribution in [1.82, 2.24) is 0 Å². The Morgan fingerprint density at radius 3 is 2.60 bits per heavy atom. The maximum atomic E-state index is 14.2. The fourth-order valence-corrected chi connectivity index (χ4v) is 4.36. The van der Waals surface area contributed by atoms with Gasteiger partial charge in [0.2, 0.25) is 5.91 Å². The highest BCUT2D eigenvalue weighted by atomic mass is 32.1. The molecule has 0 saturated heterocycles. The van der Waals surface area contributed by atoms with Crippen molar-refractivity contribution < 1.29 is 13.9 Å². The Bertz CT molecular complexity index is 933. The molecule has 1 unspecified atom stereocenters. The summed E-state index contributed by atoms with van der Waals surface area (Å²) in [5, 5.41) is 4.86. The molecule has 1 aliphatic rings. The Morgan fingerprint density at radius 2 is 1.88 bits per heavy atom. The van der Waals surface area contributed by atoms with Gasteiger partial charge in [-0.3, -0.25) is 4.79 Å². The van der Waals surface area contributed by atoms with Crippen molar-refractivity contribution in [2.45, 2.75) is 12.3 Å². The summed E-state index contributed by atoms with van der Waals surface area (Å²) in [5.74, 6) is 0.413. The molecular formula is C20H16FNO2S. The molecule has 0 spiro atoms. The molecule has 5 heteroatoms. The normalized spacial score (nSPS) is 16.2. The summed E-state index contributed by atoms with van der Waals surface area (Å²) >= 11 is 1.56. The Balaban J connectivity index is 1.80. The van der Waals surface area contributed by atoms with E-state index in [2.05, 4.69) is 5.32 Å². The molecule has 1 aromatic heterocycles. The van der Waals surface area contributed by atoms with Crippen molar-refractivity contribution in [1.29, 1.82) is 0 Å². The second-order valence-electron chi connectivity index (χ2n) is 5.95. The molecule has 1 amide bonds. The molecule has 0 aliphatic carbocycles. The van der Waals surface area contributed by atoms with Crippen molar-refractivity contribution in [2.24, 2.45) is 0 Å². The third-order valence-corrected chi connectivity index (χ3v) is 5.57. The number of fused-ring (bicyclic) bond motifs is 1. The summed E-state index contributed by atoms with van der Waals surface area (Å²) in [5.41, 5.74) is 3.03. The first kappa shape index (κ1) is 15.8. The van der Waals surface area contributed by atoms with Crippen LogP contribution in [0.3, 0.4) is 0 Å². The van der Waals surface area contributed by atoms with E-state index in [0.29, 0.717) is 12.0 Å². The Morgan fingerprint density at radius 1 is 1.12 bits per heavy atom. The lowest BCUT2D eigenvalue weighted by molar-refractivity contribution is -0.116. The third kappa shape index (κ3) is 2.81. The Hall–Kier alpha value is -2.66. The van der Waals surface area contributed by atoms with Crippen molar-refractivity contribution in [2.75, 3.05) is 12.4 Å². The summed E-state index contributed by atoms with van der Waals surface area (Å²) in [6, 6.07) is 14.4. The monoisotopic (exact) mass is 353 g/mol. The van der Waals surface area contributed by atoms with Gasteiger partial charge in [-0.1, -0.05) is 30.3 Å². The number of anilines is 1. The Kier molecular flexibility index (Phi) is 4.01. The van der Waals surface area contributed by atoms with Gasteiger partial charge in [0, 0.05) is 33.7 Å². The first-order chi connectivity index (χ1) is 12.2. The van der Waals surface area contributed by atoms with Crippen LogP contribution < -0.4 is 10.1 Å². The molecule has 1 aliphatic heterocycles. The lowest BCUT2D eigenvalue weighted by Gasteiger charge is -2.24. The molecule has 0 saturated carbocycles. The van der Waals surface area contributed by atoms with Crippen molar-refractivity contribution in [3.05, 3.63) is 70.2 Å². The molecule has 2 heterocycles. The molecule has 1 N–H and O–H groups in total. The molecule has 0 radical (unpaired) electrons. The number of benzene rings is 2. The van der Waals surface area contributed by atoms with Gasteiger partial charge in [-0.05, 0) is 23.8 Å². The van der Waals surface area contributed by atoms with E-state index in [4.69, 9.17) is 4.74 Å². The van der Waals surface area contributed by atoms with Crippen LogP contribution in [0.1, 0.15) is 22.8 Å². The van der Waals surface area contributed by atoms with E-state index in [1.165, 1.54) is 6.07 Å². The van der Waals surface area contributed by atoms with Crippen LogP contribution in [0.4, 0.5) is 10.1 Å². The lowest BCUT2D eigenvalue weighted by Crippen LogP contribution is -2.22. The number of rotatable bonds is 3. The smallest absolute Gasteiger partial charge is 0.225 e. The molecule has 3 aromatic rings. The summed E-state index contributed by atoms with van der Waals surface area (Å²) in [7, 11) is 1.63. The summed E-state index contributed by atoms with van der Waals surface area (Å²) in [4.78, 5) is 13.3. The van der Waals surface area contributed by atoms with E-state index >= 15 is 0 Å². The van der Waals surface area contributed by atoms with Gasteiger partial charge >= 0.3 is 0 Å². The van der Waals surface area contributed by atoms with E-state index in [9.17, 15) is 9.18 Å². The van der Waals surface area contributed by atoms with Crippen LogP contribution in [-0.4, -0.2) is 13.0 Å². The quantitative estimate of drug-likeness (QED) is 0.717. The van der Waals surface area contributed by atoms with Crippen LogP contribution in [-0.2, 0) is 4.79 Å². The number of amides is 1. The van der Waals surface area contributed by atoms with Gasteiger partial charge in [0.1, 0.15) is 11.6 Å². The molecule has 25 heavy (non-hydrogen) atoms. The summed E-state index contributed by atoms with van der Waals surface area (Å²) < 4.78 is 19.4. The molecular weight excluding hydrogens is 337 g/mol. The van der Waals surface area contributed by atoms with Crippen LogP contribution in [0.2, 0.25) is 0 Å². The van der Waals surface area contributed by atoms with Gasteiger partial charge in [-0.25, -0.2) is 4.39 Å². The highest BCUT2D eigenvalue weighted by molar-refractivity contribution is 7.11. The number of halogens is 1. The zero-order valence-electron chi connectivity index (χ0n) is 13.6. The zero-order valence-corrected chi connectivity index (χ0v) is 14.4. The van der Waals surface area contributed by atoms with Crippen LogP contribution in [0, 0.1) is 5.82 Å². The van der Waals surface area contributed by atoms with Crippen LogP contribution in [0.15, 0.2) is 53.9 Å². The van der Waals surface area contributed by atoms with E-state index < -0.39 is 0 Å². The third-order valence-electron chi connectivity index (χ3n) is 4.47. The predicted molar refractivity (Wildman–Crippen MR) is 97.8 cm³/mol.